The van der Waals surface area contributed by atoms with Crippen molar-refractivity contribution in [3.05, 3.63) is 44.6 Å². The summed E-state index contributed by atoms with van der Waals surface area (Å²) in [5.41, 5.74) is 0.778. The molecule has 0 atom stereocenters. The summed E-state index contributed by atoms with van der Waals surface area (Å²) in [4.78, 5) is 12.3. The lowest BCUT2D eigenvalue weighted by atomic mass is 10.1. The highest BCUT2D eigenvalue weighted by molar-refractivity contribution is 9.10. The summed E-state index contributed by atoms with van der Waals surface area (Å²) in [6.07, 6.45) is 0. The molecule has 0 amide bonds. The maximum absolute atomic E-state index is 11.2. The van der Waals surface area contributed by atoms with Crippen molar-refractivity contribution in [1.29, 1.82) is 0 Å². The minimum atomic E-state index is -0.963. The van der Waals surface area contributed by atoms with E-state index in [2.05, 4.69) is 21.2 Å². The average Bonchev–Trinajstić information content (AvgIpc) is 2.81. The van der Waals surface area contributed by atoms with Gasteiger partial charge in [0, 0.05) is 15.4 Å². The zero-order valence-electron chi connectivity index (χ0n) is 10.1. The van der Waals surface area contributed by atoms with E-state index in [-0.39, 0.29) is 5.56 Å². The lowest BCUT2D eigenvalue weighted by Crippen LogP contribution is -2.06. The van der Waals surface area contributed by atoms with Gasteiger partial charge in [0.1, 0.15) is 5.75 Å². The Balaban J connectivity index is 2.22. The van der Waals surface area contributed by atoms with Gasteiger partial charge < -0.3 is 15.2 Å². The maximum atomic E-state index is 11.2. The Bertz CT molecular complexity index is 597. The molecule has 1 aromatic carbocycles. The molecule has 0 aliphatic heterocycles. The van der Waals surface area contributed by atoms with Crippen molar-refractivity contribution in [2.75, 3.05) is 12.4 Å². The van der Waals surface area contributed by atoms with E-state index >= 15 is 0 Å². The summed E-state index contributed by atoms with van der Waals surface area (Å²) >= 11 is 5.05. The van der Waals surface area contributed by atoms with Crippen molar-refractivity contribution in [2.24, 2.45) is 0 Å². The Morgan fingerprint density at radius 2 is 2.26 bits per heavy atom. The smallest absolute Gasteiger partial charge is 0.337 e. The standard InChI is InChI=1S/C13H12BrNO3S/c1-18-8-2-3-9(13(16)17)11(6-8)15-7-12-10(14)4-5-19-12/h2-6,15H,7H2,1H3,(H,16,17). The zero-order chi connectivity index (χ0) is 13.8. The van der Waals surface area contributed by atoms with Gasteiger partial charge in [0.2, 0.25) is 0 Å². The van der Waals surface area contributed by atoms with Crippen LogP contribution in [0.4, 0.5) is 5.69 Å². The van der Waals surface area contributed by atoms with Crippen molar-refractivity contribution in [1.82, 2.24) is 0 Å². The largest absolute Gasteiger partial charge is 0.497 e. The third kappa shape index (κ3) is 3.27. The van der Waals surface area contributed by atoms with E-state index in [0.29, 0.717) is 18.0 Å². The molecule has 2 N–H and O–H groups in total. The third-order valence-corrected chi connectivity index (χ3v) is 4.51. The molecule has 2 aromatic rings. The van der Waals surface area contributed by atoms with Crippen LogP contribution in [0, 0.1) is 0 Å². The zero-order valence-corrected chi connectivity index (χ0v) is 12.5. The number of methoxy groups -OCH3 is 1. The van der Waals surface area contributed by atoms with Gasteiger partial charge >= 0.3 is 5.97 Å². The van der Waals surface area contributed by atoms with E-state index in [1.165, 1.54) is 6.07 Å². The topological polar surface area (TPSA) is 58.6 Å². The van der Waals surface area contributed by atoms with Crippen LogP contribution >= 0.6 is 27.3 Å². The number of ether oxygens (including phenoxy) is 1. The molecule has 4 nitrogen and oxygen atoms in total. The first-order valence-electron chi connectivity index (χ1n) is 5.49. The average molecular weight is 342 g/mol. The number of nitrogens with one attached hydrogen (secondary N) is 1. The lowest BCUT2D eigenvalue weighted by Gasteiger charge is -2.10. The van der Waals surface area contributed by atoms with Crippen LogP contribution < -0.4 is 10.1 Å². The van der Waals surface area contributed by atoms with E-state index < -0.39 is 5.97 Å². The SMILES string of the molecule is COc1ccc(C(=O)O)c(NCc2sccc2Br)c1. The number of hydrogen-bond acceptors (Lipinski definition) is 4. The van der Waals surface area contributed by atoms with Crippen LogP contribution in [0.15, 0.2) is 34.1 Å². The minimum Gasteiger partial charge on any atom is -0.497 e. The second kappa shape index (κ2) is 6.08. The Morgan fingerprint density at radius 3 is 2.84 bits per heavy atom. The Morgan fingerprint density at radius 1 is 1.47 bits per heavy atom. The third-order valence-electron chi connectivity index (χ3n) is 2.59. The minimum absolute atomic E-state index is 0.230. The van der Waals surface area contributed by atoms with Crippen molar-refractivity contribution in [3.63, 3.8) is 0 Å². The molecule has 1 heterocycles. The van der Waals surface area contributed by atoms with Crippen LogP contribution in [0.1, 0.15) is 15.2 Å². The fraction of sp³-hybridized carbons (Fsp3) is 0.154. The molecule has 0 aliphatic rings. The van der Waals surface area contributed by atoms with Gasteiger partial charge in [0.15, 0.2) is 0 Å². The van der Waals surface area contributed by atoms with Gasteiger partial charge in [-0.3, -0.25) is 0 Å². The molecule has 2 rings (SSSR count). The number of aromatic carboxylic acids is 1. The molecule has 6 heteroatoms. The number of carboxylic acids is 1. The predicted molar refractivity (Wildman–Crippen MR) is 79.3 cm³/mol. The van der Waals surface area contributed by atoms with Crippen LogP contribution in [-0.4, -0.2) is 18.2 Å². The molecule has 0 spiro atoms. The molecule has 1 aromatic heterocycles. The van der Waals surface area contributed by atoms with Gasteiger partial charge in [-0.05, 0) is 39.5 Å². The second-order valence-electron chi connectivity index (χ2n) is 3.76. The van der Waals surface area contributed by atoms with E-state index in [4.69, 9.17) is 9.84 Å². The van der Waals surface area contributed by atoms with Gasteiger partial charge in [-0.1, -0.05) is 0 Å². The number of anilines is 1. The number of benzene rings is 1. The molecule has 0 radical (unpaired) electrons. The van der Waals surface area contributed by atoms with E-state index in [1.54, 1.807) is 30.6 Å². The van der Waals surface area contributed by atoms with Crippen molar-refractivity contribution < 1.29 is 14.6 Å². The summed E-state index contributed by atoms with van der Waals surface area (Å²) in [5.74, 6) is -0.340. The molecule has 0 saturated heterocycles. The van der Waals surface area contributed by atoms with E-state index in [0.717, 1.165) is 9.35 Å². The Hall–Kier alpha value is -1.53. The van der Waals surface area contributed by atoms with Crippen molar-refractivity contribution in [3.8, 4) is 5.75 Å². The monoisotopic (exact) mass is 341 g/mol. The molecule has 100 valence electrons. The van der Waals surface area contributed by atoms with Gasteiger partial charge in [-0.15, -0.1) is 11.3 Å². The van der Waals surface area contributed by atoms with Gasteiger partial charge in [0.25, 0.3) is 0 Å². The van der Waals surface area contributed by atoms with Crippen molar-refractivity contribution >= 4 is 38.9 Å². The highest BCUT2D eigenvalue weighted by Gasteiger charge is 2.11. The summed E-state index contributed by atoms with van der Waals surface area (Å²) in [6.45, 7) is 0.561. The van der Waals surface area contributed by atoms with Crippen LogP contribution in [0.3, 0.4) is 0 Å². The molecule has 19 heavy (non-hydrogen) atoms. The van der Waals surface area contributed by atoms with Gasteiger partial charge in [-0.2, -0.15) is 0 Å². The number of hydrogen-bond donors (Lipinski definition) is 2. The van der Waals surface area contributed by atoms with Crippen LogP contribution in [0.2, 0.25) is 0 Å². The molecule has 0 fully saturated rings. The second-order valence-corrected chi connectivity index (χ2v) is 5.62. The highest BCUT2D eigenvalue weighted by Crippen LogP contribution is 2.26. The first kappa shape index (κ1) is 13.9. The van der Waals surface area contributed by atoms with Gasteiger partial charge in [-0.25, -0.2) is 4.79 Å². The summed E-state index contributed by atoms with van der Waals surface area (Å²) in [6, 6.07) is 6.82. The van der Waals surface area contributed by atoms with E-state index in [9.17, 15) is 4.79 Å². The number of halogens is 1. The summed E-state index contributed by atoms with van der Waals surface area (Å²) in [5, 5.41) is 14.3. The Labute approximate surface area is 123 Å². The number of rotatable bonds is 5. The maximum Gasteiger partial charge on any atom is 0.337 e. The number of carboxylic acid groups (broad SMARTS) is 1. The predicted octanol–water partition coefficient (Wildman–Crippen LogP) is 3.83. The highest BCUT2D eigenvalue weighted by atomic mass is 79.9. The van der Waals surface area contributed by atoms with Crippen LogP contribution in [0.5, 0.6) is 5.75 Å². The molecule has 0 bridgehead atoms. The van der Waals surface area contributed by atoms with E-state index in [1.807, 2.05) is 11.4 Å². The molecule has 0 aliphatic carbocycles. The first-order valence-corrected chi connectivity index (χ1v) is 7.16. The first-order chi connectivity index (χ1) is 9.11. The molecular weight excluding hydrogens is 330 g/mol. The number of thiophene rings is 1. The lowest BCUT2D eigenvalue weighted by molar-refractivity contribution is 0.0698. The fourth-order valence-corrected chi connectivity index (χ4v) is 3.04. The molecule has 0 unspecified atom stereocenters. The fourth-order valence-electron chi connectivity index (χ4n) is 1.61. The normalized spacial score (nSPS) is 10.2. The quantitative estimate of drug-likeness (QED) is 0.867. The van der Waals surface area contributed by atoms with Gasteiger partial charge in [0.05, 0.1) is 24.9 Å². The van der Waals surface area contributed by atoms with Crippen molar-refractivity contribution in [2.45, 2.75) is 6.54 Å². The molecular formula is C13H12BrNO3S. The summed E-state index contributed by atoms with van der Waals surface area (Å²) in [7, 11) is 1.55. The van der Waals surface area contributed by atoms with Crippen LogP contribution in [-0.2, 0) is 6.54 Å². The Kier molecular flexibility index (Phi) is 4.44. The van der Waals surface area contributed by atoms with Crippen LogP contribution in [0.25, 0.3) is 0 Å². The molecule has 0 saturated carbocycles. The summed E-state index contributed by atoms with van der Waals surface area (Å²) < 4.78 is 6.13. The number of carbonyl (C=O) groups is 1.